The lowest BCUT2D eigenvalue weighted by Crippen LogP contribution is -2.65. The Labute approximate surface area is 481 Å². The van der Waals surface area contributed by atoms with E-state index in [0.29, 0.717) is 31.7 Å². The van der Waals surface area contributed by atoms with Gasteiger partial charge in [0.15, 0.2) is 11.6 Å². The van der Waals surface area contributed by atoms with E-state index in [9.17, 15) is 47.9 Å². The molecule has 1 saturated carbocycles. The van der Waals surface area contributed by atoms with Gasteiger partial charge in [0.25, 0.3) is 5.91 Å². The maximum atomic E-state index is 14.2. The Morgan fingerprint density at radius 2 is 1.21 bits per heavy atom. The smallest absolute Gasteiger partial charge is 0.277 e. The van der Waals surface area contributed by atoms with Gasteiger partial charge in [0.1, 0.15) is 53.1 Å². The summed E-state index contributed by atoms with van der Waals surface area (Å²) in [5, 5.41) is 25.3. The first-order valence-electron chi connectivity index (χ1n) is 29.3. The first-order valence-corrected chi connectivity index (χ1v) is 29.3. The topological polar surface area (TPSA) is 311 Å². The molecule has 1 aliphatic heterocycles. The van der Waals surface area contributed by atoms with Crippen LogP contribution in [-0.4, -0.2) is 154 Å². The lowest BCUT2D eigenvalue weighted by atomic mass is 9.76. The van der Waals surface area contributed by atoms with Crippen molar-refractivity contribution in [2.75, 3.05) is 33.7 Å². The summed E-state index contributed by atoms with van der Waals surface area (Å²) in [7, 11) is 3.91. The number of hydrogen-bond donors (Lipinski definition) is 9. The molecule has 458 valence electrons. The number of unbranched alkanes of at least 4 members (excludes halogenated alkanes) is 3. The van der Waals surface area contributed by atoms with Crippen molar-refractivity contribution in [1.82, 2.24) is 62.6 Å². The summed E-state index contributed by atoms with van der Waals surface area (Å²) in [4.78, 5) is 146. The minimum absolute atomic E-state index is 0.0458. The zero-order chi connectivity index (χ0) is 61.2. The number of nitrogens with one attached hydrogen (secondary N) is 9. The fourth-order valence-electron chi connectivity index (χ4n) is 9.98. The van der Waals surface area contributed by atoms with Crippen LogP contribution in [0, 0.1) is 30.6 Å². The molecule has 0 aromatic carbocycles. The van der Waals surface area contributed by atoms with Crippen molar-refractivity contribution in [3.05, 3.63) is 17.8 Å². The molecule has 1 saturated heterocycles. The minimum Gasteiger partial charge on any atom is -0.448 e. The van der Waals surface area contributed by atoms with Gasteiger partial charge >= 0.3 is 0 Å². The van der Waals surface area contributed by atoms with Gasteiger partial charge in [0.05, 0.1) is 5.54 Å². The average molecular weight is 1140 g/mol. The number of aromatic nitrogens is 1. The van der Waals surface area contributed by atoms with Crippen molar-refractivity contribution in [1.29, 1.82) is 0 Å². The van der Waals surface area contributed by atoms with Gasteiger partial charge in [-0.25, -0.2) is 4.98 Å². The normalized spacial score (nSPS) is 16.8. The third kappa shape index (κ3) is 21.9. The van der Waals surface area contributed by atoms with E-state index >= 15 is 0 Å². The van der Waals surface area contributed by atoms with Gasteiger partial charge in [-0.15, -0.1) is 0 Å². The molecule has 23 nitrogen and oxygen atoms in total. The van der Waals surface area contributed by atoms with Crippen LogP contribution >= 0.6 is 0 Å². The molecule has 0 spiro atoms. The second-order valence-corrected chi connectivity index (χ2v) is 25.6. The number of oxazole rings is 1. The number of rotatable bonds is 33. The maximum Gasteiger partial charge on any atom is 0.277 e. The summed E-state index contributed by atoms with van der Waals surface area (Å²) in [6, 6.07) is -3.51. The molecule has 3 rings (SSSR count). The van der Waals surface area contributed by atoms with Crippen LogP contribution in [0.5, 0.6) is 0 Å². The van der Waals surface area contributed by atoms with E-state index in [1.165, 1.54) is 52.7 Å². The summed E-state index contributed by atoms with van der Waals surface area (Å²) in [6.45, 7) is 24.8. The Bertz CT molecular complexity index is 2340. The van der Waals surface area contributed by atoms with E-state index in [0.717, 1.165) is 45.1 Å². The number of nitrogens with zero attached hydrogens (tertiary/aromatic N) is 3. The third-order valence-corrected chi connectivity index (χ3v) is 14.6. The molecular weight excluding hydrogens is 1040 g/mol. The van der Waals surface area contributed by atoms with E-state index in [-0.39, 0.29) is 73.5 Å². The number of likely N-dealkylation sites (tertiary alicyclic amines) is 1. The van der Waals surface area contributed by atoms with Gasteiger partial charge in [-0.2, -0.15) is 0 Å². The molecule has 2 aliphatic rings. The Balaban J connectivity index is 1.70. The fourth-order valence-corrected chi connectivity index (χ4v) is 9.98. The van der Waals surface area contributed by atoms with Crippen LogP contribution in [0.1, 0.15) is 196 Å². The van der Waals surface area contributed by atoms with Crippen molar-refractivity contribution in [2.24, 2.45) is 23.7 Å². The molecule has 1 aliphatic carbocycles. The summed E-state index contributed by atoms with van der Waals surface area (Å²) in [5.41, 5.74) is -4.85. The molecule has 9 N–H and O–H groups in total. The summed E-state index contributed by atoms with van der Waals surface area (Å²) < 4.78 is 5.24. The van der Waals surface area contributed by atoms with Gasteiger partial charge in [-0.05, 0) is 131 Å². The Morgan fingerprint density at radius 3 is 1.70 bits per heavy atom. The van der Waals surface area contributed by atoms with Crippen LogP contribution in [0.25, 0.3) is 0 Å². The number of amides is 10. The highest BCUT2D eigenvalue weighted by atomic mass is 16.3. The highest BCUT2D eigenvalue weighted by Crippen LogP contribution is 2.32. The van der Waals surface area contributed by atoms with Crippen molar-refractivity contribution in [3.8, 4) is 0 Å². The van der Waals surface area contributed by atoms with Crippen LogP contribution < -0.4 is 47.9 Å². The second kappa shape index (κ2) is 30.8. The molecule has 81 heavy (non-hydrogen) atoms. The molecule has 1 aromatic rings. The third-order valence-electron chi connectivity index (χ3n) is 14.6. The Kier molecular flexibility index (Phi) is 26.3. The zero-order valence-corrected chi connectivity index (χ0v) is 51.5. The minimum atomic E-state index is -1.65. The van der Waals surface area contributed by atoms with Crippen LogP contribution in [-0.2, 0) is 43.2 Å². The molecular formula is C58H100N12O11. The van der Waals surface area contributed by atoms with Crippen LogP contribution in [0.15, 0.2) is 10.7 Å². The SMILES string of the molecule is CCCCCC[C@@H](C(=O)N[C@@H](CC(C)C)C(=O)NC(C)(C)C(=O)N[C@@H](CC(C)C)C(=O)N[C@@H](CC(C)C)C(=O)NC(C)(C)C(=O)NC(C)(C)C(=O)NCCC(=O)NC1(CN(C)C)CCC1)C(=O)N[C@@H]1CCCN1C(=O)c1coc(C)n1. The van der Waals surface area contributed by atoms with Crippen LogP contribution in [0.3, 0.4) is 0 Å². The molecule has 0 bridgehead atoms. The maximum absolute atomic E-state index is 14.2. The number of hydrogen-bond acceptors (Lipinski definition) is 13. The van der Waals surface area contributed by atoms with Crippen molar-refractivity contribution < 1.29 is 52.4 Å². The number of carbonyl (C=O) groups is 10. The van der Waals surface area contributed by atoms with Crippen molar-refractivity contribution >= 4 is 59.1 Å². The lowest BCUT2D eigenvalue weighted by Gasteiger charge is -2.44. The molecule has 10 amide bonds. The fraction of sp³-hybridized carbons (Fsp3) is 0.776. The largest absolute Gasteiger partial charge is 0.448 e. The predicted molar refractivity (Wildman–Crippen MR) is 307 cm³/mol. The van der Waals surface area contributed by atoms with E-state index in [4.69, 9.17) is 4.42 Å². The van der Waals surface area contributed by atoms with Gasteiger partial charge in [0.2, 0.25) is 53.2 Å². The summed E-state index contributed by atoms with van der Waals surface area (Å²) in [6.07, 6.45) is 8.32. The predicted octanol–water partition coefficient (Wildman–Crippen LogP) is 3.63. The first-order chi connectivity index (χ1) is 37.6. The summed E-state index contributed by atoms with van der Waals surface area (Å²) >= 11 is 0. The quantitative estimate of drug-likeness (QED) is 0.0359. The Hall–Kier alpha value is -6.13. The second-order valence-electron chi connectivity index (χ2n) is 25.6. The van der Waals surface area contributed by atoms with Crippen LogP contribution in [0.2, 0.25) is 0 Å². The molecule has 5 atom stereocenters. The number of aryl methyl sites for hydroxylation is 1. The average Bonchev–Trinajstić information content (AvgIpc) is 3.99. The van der Waals surface area contributed by atoms with E-state index < -0.39 is 100.0 Å². The van der Waals surface area contributed by atoms with Crippen molar-refractivity contribution in [2.45, 2.75) is 233 Å². The number of carbonyl (C=O) groups excluding carboxylic acids is 10. The molecule has 2 fully saturated rings. The van der Waals surface area contributed by atoms with Gasteiger partial charge < -0.3 is 62.1 Å². The summed E-state index contributed by atoms with van der Waals surface area (Å²) in [5.74, 6) is -7.08. The van der Waals surface area contributed by atoms with Crippen LogP contribution in [0.4, 0.5) is 0 Å². The van der Waals surface area contributed by atoms with E-state index in [1.807, 2.05) is 67.5 Å². The van der Waals surface area contributed by atoms with Gasteiger partial charge in [-0.3, -0.25) is 47.9 Å². The molecule has 2 heterocycles. The molecule has 0 unspecified atom stereocenters. The van der Waals surface area contributed by atoms with Gasteiger partial charge in [0, 0.05) is 33.0 Å². The van der Waals surface area contributed by atoms with E-state index in [2.05, 4.69) is 52.8 Å². The molecule has 1 aromatic heterocycles. The van der Waals surface area contributed by atoms with E-state index in [1.54, 1.807) is 6.92 Å². The standard InChI is InChI=1S/C58H100N12O11/c1-17-18-19-20-23-39(47(73)64-44-24-21-29-70(44)51(77)43-33-81-38(8)60-43)46(72)61-41(31-36(4)5)49(75)66-56(11,12)53(79)63-40(30-35(2)3)48(74)62-42(32-37(6)7)50(76)67-57(13,14)54(80)68-55(9,10)52(78)59-28-25-45(71)65-58(26-22-27-58)34-69(15)16/h33,35-37,39-42,44H,17-32,34H2,1-16H3,(H,59,78)(H,61,72)(H,62,74)(H,63,79)(H,64,73)(H,65,71)(H,66,75)(H,67,76)(H,68,80)/t39-,40-,41-,42-,44-/m0/s1. The zero-order valence-electron chi connectivity index (χ0n) is 51.5. The monoisotopic (exact) mass is 1140 g/mol. The Morgan fingerprint density at radius 1 is 0.679 bits per heavy atom. The van der Waals surface area contributed by atoms with Crippen molar-refractivity contribution in [3.63, 3.8) is 0 Å². The first kappa shape index (κ1) is 69.1. The highest BCUT2D eigenvalue weighted by Gasteiger charge is 2.42. The molecule has 23 heteroatoms. The highest BCUT2D eigenvalue weighted by molar-refractivity contribution is 6.03. The number of likely N-dealkylation sites (N-methyl/N-ethyl adjacent to an activating group) is 1. The molecule has 0 radical (unpaired) electrons. The van der Waals surface area contributed by atoms with Gasteiger partial charge in [-0.1, -0.05) is 74.1 Å². The lowest BCUT2D eigenvalue weighted by molar-refractivity contribution is -0.140.